The number of aromatic amines is 1. The molecular formula is C9H14N2O3. The van der Waals surface area contributed by atoms with Gasteiger partial charge in [0, 0.05) is 18.8 Å². The number of rotatable bonds is 3. The van der Waals surface area contributed by atoms with Crippen LogP contribution in [0, 0.1) is 0 Å². The molecule has 14 heavy (non-hydrogen) atoms. The van der Waals surface area contributed by atoms with E-state index in [0.29, 0.717) is 26.2 Å². The zero-order valence-corrected chi connectivity index (χ0v) is 7.85. The van der Waals surface area contributed by atoms with E-state index in [9.17, 15) is 5.11 Å². The molecule has 5 heteroatoms. The Kier molecular flexibility index (Phi) is 3.13. The summed E-state index contributed by atoms with van der Waals surface area (Å²) in [6.07, 6.45) is 3.09. The van der Waals surface area contributed by atoms with Gasteiger partial charge in [-0.05, 0) is 0 Å². The van der Waals surface area contributed by atoms with Crippen molar-refractivity contribution in [3.63, 3.8) is 0 Å². The topological polar surface area (TPSA) is 67.4 Å². The fourth-order valence-electron chi connectivity index (χ4n) is 1.47. The van der Waals surface area contributed by atoms with Crippen molar-refractivity contribution in [2.24, 2.45) is 0 Å². The van der Waals surface area contributed by atoms with Crippen LogP contribution in [0.4, 0.5) is 0 Å². The highest BCUT2D eigenvalue weighted by Gasteiger charge is 2.23. The van der Waals surface area contributed by atoms with Gasteiger partial charge in [0.1, 0.15) is 11.9 Å². The van der Waals surface area contributed by atoms with Gasteiger partial charge in [-0.3, -0.25) is 0 Å². The highest BCUT2D eigenvalue weighted by atomic mass is 16.6. The summed E-state index contributed by atoms with van der Waals surface area (Å²) in [5.74, 6) is 0.770. The number of nitrogens with one attached hydrogen (secondary N) is 1. The molecule has 1 fully saturated rings. The fraction of sp³-hybridized carbons (Fsp3) is 0.667. The summed E-state index contributed by atoms with van der Waals surface area (Å²) in [5.41, 5.74) is 0. The summed E-state index contributed by atoms with van der Waals surface area (Å²) >= 11 is 0. The quantitative estimate of drug-likeness (QED) is 0.701. The molecule has 0 radical (unpaired) electrons. The minimum absolute atomic E-state index is 0.228. The summed E-state index contributed by atoms with van der Waals surface area (Å²) in [4.78, 5) is 6.98. The third-order valence-electron chi connectivity index (χ3n) is 2.23. The molecule has 1 aromatic rings. The lowest BCUT2D eigenvalue weighted by Gasteiger charge is -2.26. The van der Waals surface area contributed by atoms with Crippen LogP contribution in [0.25, 0.3) is 0 Å². The molecule has 0 amide bonds. The van der Waals surface area contributed by atoms with E-state index in [4.69, 9.17) is 9.47 Å². The van der Waals surface area contributed by atoms with Crippen LogP contribution in [0.2, 0.25) is 0 Å². The molecule has 0 bridgehead atoms. The van der Waals surface area contributed by atoms with Crippen LogP contribution in [0.15, 0.2) is 12.4 Å². The summed E-state index contributed by atoms with van der Waals surface area (Å²) in [5, 5.41) is 9.78. The molecule has 0 spiro atoms. The number of aromatic nitrogens is 2. The Morgan fingerprint density at radius 2 is 2.57 bits per heavy atom. The Labute approximate surface area is 82.1 Å². The van der Waals surface area contributed by atoms with Crippen LogP contribution in [-0.4, -0.2) is 47.1 Å². The number of hydrogen-bond donors (Lipinski definition) is 2. The minimum atomic E-state index is -0.554. The predicted molar refractivity (Wildman–Crippen MR) is 48.9 cm³/mol. The molecule has 0 aliphatic carbocycles. The molecule has 2 unspecified atom stereocenters. The zero-order chi connectivity index (χ0) is 9.80. The van der Waals surface area contributed by atoms with Crippen molar-refractivity contribution < 1.29 is 14.6 Å². The molecule has 1 aromatic heterocycles. The van der Waals surface area contributed by atoms with Crippen molar-refractivity contribution in [2.45, 2.75) is 18.6 Å². The fourth-order valence-corrected chi connectivity index (χ4v) is 1.47. The van der Waals surface area contributed by atoms with E-state index < -0.39 is 6.10 Å². The van der Waals surface area contributed by atoms with Gasteiger partial charge in [0.15, 0.2) is 0 Å². The molecule has 0 saturated carbocycles. The van der Waals surface area contributed by atoms with E-state index in [1.807, 2.05) is 0 Å². The lowest BCUT2D eigenvalue weighted by molar-refractivity contribution is -0.131. The summed E-state index contributed by atoms with van der Waals surface area (Å²) < 4.78 is 10.6. The second kappa shape index (κ2) is 4.54. The van der Waals surface area contributed by atoms with E-state index in [2.05, 4.69) is 9.97 Å². The SMILES string of the molecule is OC(Cc1ncc[nH]1)C1COCCO1. The van der Waals surface area contributed by atoms with Crippen LogP contribution < -0.4 is 0 Å². The summed E-state index contributed by atoms with van der Waals surface area (Å²) in [7, 11) is 0. The Bertz CT molecular complexity index is 257. The van der Waals surface area contributed by atoms with Crippen LogP contribution >= 0.6 is 0 Å². The molecular weight excluding hydrogens is 184 g/mol. The predicted octanol–water partition coefficient (Wildman–Crippen LogP) is -0.272. The van der Waals surface area contributed by atoms with Gasteiger partial charge in [-0.15, -0.1) is 0 Å². The second-order valence-electron chi connectivity index (χ2n) is 3.29. The number of nitrogens with zero attached hydrogens (tertiary/aromatic N) is 1. The average Bonchev–Trinajstić information content (AvgIpc) is 2.72. The Morgan fingerprint density at radius 1 is 1.64 bits per heavy atom. The van der Waals surface area contributed by atoms with Gasteiger partial charge in [0.2, 0.25) is 0 Å². The van der Waals surface area contributed by atoms with E-state index in [1.54, 1.807) is 12.4 Å². The van der Waals surface area contributed by atoms with E-state index in [-0.39, 0.29) is 6.10 Å². The van der Waals surface area contributed by atoms with E-state index >= 15 is 0 Å². The maximum atomic E-state index is 9.78. The normalized spacial score (nSPS) is 24.8. The molecule has 2 atom stereocenters. The number of ether oxygens (including phenoxy) is 2. The monoisotopic (exact) mass is 198 g/mol. The molecule has 1 saturated heterocycles. The van der Waals surface area contributed by atoms with Crippen molar-refractivity contribution in [1.29, 1.82) is 0 Å². The van der Waals surface area contributed by atoms with Crippen molar-refractivity contribution in [1.82, 2.24) is 9.97 Å². The summed E-state index contributed by atoms with van der Waals surface area (Å²) in [6, 6.07) is 0. The Hall–Kier alpha value is -0.910. The Morgan fingerprint density at radius 3 is 3.21 bits per heavy atom. The molecule has 2 heterocycles. The van der Waals surface area contributed by atoms with Crippen LogP contribution in [0.1, 0.15) is 5.82 Å². The first-order chi connectivity index (χ1) is 6.86. The van der Waals surface area contributed by atoms with Crippen molar-refractivity contribution in [2.75, 3.05) is 19.8 Å². The molecule has 1 aliphatic heterocycles. The van der Waals surface area contributed by atoms with Gasteiger partial charge in [-0.25, -0.2) is 4.98 Å². The number of aliphatic hydroxyl groups is 1. The first-order valence-electron chi connectivity index (χ1n) is 4.72. The molecule has 0 aromatic carbocycles. The molecule has 1 aliphatic rings. The van der Waals surface area contributed by atoms with Gasteiger partial charge in [-0.2, -0.15) is 0 Å². The van der Waals surface area contributed by atoms with E-state index in [1.165, 1.54) is 0 Å². The Balaban J connectivity index is 1.85. The van der Waals surface area contributed by atoms with Crippen LogP contribution in [-0.2, 0) is 15.9 Å². The lowest BCUT2D eigenvalue weighted by atomic mass is 10.1. The van der Waals surface area contributed by atoms with Crippen molar-refractivity contribution >= 4 is 0 Å². The molecule has 78 valence electrons. The number of imidazole rings is 1. The highest BCUT2D eigenvalue weighted by molar-refractivity contribution is 4.91. The van der Waals surface area contributed by atoms with Crippen LogP contribution in [0.3, 0.4) is 0 Å². The average molecular weight is 198 g/mol. The smallest absolute Gasteiger partial charge is 0.108 e. The number of hydrogen-bond acceptors (Lipinski definition) is 4. The van der Waals surface area contributed by atoms with E-state index in [0.717, 1.165) is 5.82 Å². The van der Waals surface area contributed by atoms with Gasteiger partial charge >= 0.3 is 0 Å². The standard InChI is InChI=1S/C9H14N2O3/c12-7(5-9-10-1-2-11-9)8-6-13-3-4-14-8/h1-2,7-8,12H,3-6H2,(H,10,11). The maximum Gasteiger partial charge on any atom is 0.108 e. The molecule has 5 nitrogen and oxygen atoms in total. The second-order valence-corrected chi connectivity index (χ2v) is 3.29. The number of aliphatic hydroxyl groups excluding tert-OH is 1. The molecule has 2 N–H and O–H groups in total. The van der Waals surface area contributed by atoms with Gasteiger partial charge in [-0.1, -0.05) is 0 Å². The van der Waals surface area contributed by atoms with Crippen molar-refractivity contribution in [3.8, 4) is 0 Å². The zero-order valence-electron chi connectivity index (χ0n) is 7.85. The lowest BCUT2D eigenvalue weighted by Crippen LogP contribution is -2.39. The first kappa shape index (κ1) is 9.64. The highest BCUT2D eigenvalue weighted by Crippen LogP contribution is 2.09. The largest absolute Gasteiger partial charge is 0.390 e. The summed E-state index contributed by atoms with van der Waals surface area (Å²) in [6.45, 7) is 1.63. The van der Waals surface area contributed by atoms with Gasteiger partial charge in [0.25, 0.3) is 0 Å². The maximum absolute atomic E-state index is 9.78. The van der Waals surface area contributed by atoms with Gasteiger partial charge in [0.05, 0.1) is 25.9 Å². The molecule has 2 rings (SSSR count). The third-order valence-corrected chi connectivity index (χ3v) is 2.23. The van der Waals surface area contributed by atoms with Crippen molar-refractivity contribution in [3.05, 3.63) is 18.2 Å². The van der Waals surface area contributed by atoms with Gasteiger partial charge < -0.3 is 19.6 Å². The third kappa shape index (κ3) is 2.31. The number of H-pyrrole nitrogens is 1. The van der Waals surface area contributed by atoms with Crippen LogP contribution in [0.5, 0.6) is 0 Å². The first-order valence-corrected chi connectivity index (χ1v) is 4.72. The minimum Gasteiger partial charge on any atom is -0.390 e.